The Kier molecular flexibility index (Phi) is 2.85. The largest absolute Gasteiger partial charge is 0.433 e. The third-order valence-electron chi connectivity index (χ3n) is 2.99. The number of aryl methyl sites for hydroxylation is 2. The van der Waals surface area contributed by atoms with Crippen molar-refractivity contribution in [2.75, 3.05) is 0 Å². The number of halogens is 3. The number of hydrogen-bond donors (Lipinski definition) is 0. The summed E-state index contributed by atoms with van der Waals surface area (Å²) in [6.45, 7) is 0. The van der Waals surface area contributed by atoms with Gasteiger partial charge in [0.15, 0.2) is 0 Å². The minimum absolute atomic E-state index is 0.143. The molecule has 0 spiro atoms. The highest BCUT2D eigenvalue weighted by Crippen LogP contribution is 2.32. The van der Waals surface area contributed by atoms with Gasteiger partial charge in [-0.15, -0.1) is 5.10 Å². The van der Waals surface area contributed by atoms with Crippen LogP contribution in [0.4, 0.5) is 13.2 Å². The van der Waals surface area contributed by atoms with E-state index in [9.17, 15) is 13.2 Å². The molecule has 9 heteroatoms. The van der Waals surface area contributed by atoms with Crippen molar-refractivity contribution in [2.45, 2.75) is 6.18 Å². The number of pyridine rings is 1. The number of alkyl halides is 3. The van der Waals surface area contributed by atoms with Crippen LogP contribution in [0, 0.1) is 0 Å². The van der Waals surface area contributed by atoms with Crippen molar-refractivity contribution in [3.63, 3.8) is 0 Å². The molecule has 0 bridgehead atoms. The molecule has 0 radical (unpaired) electrons. The fourth-order valence-electron chi connectivity index (χ4n) is 1.97. The molecule has 110 valence electrons. The zero-order valence-corrected chi connectivity index (χ0v) is 11.1. The molecule has 0 aliphatic carbocycles. The molecule has 0 aromatic carbocycles. The van der Waals surface area contributed by atoms with Gasteiger partial charge < -0.3 is 4.74 Å². The van der Waals surface area contributed by atoms with Gasteiger partial charge >= 0.3 is 12.2 Å². The maximum atomic E-state index is 12.7. The van der Waals surface area contributed by atoms with E-state index in [2.05, 4.69) is 15.1 Å². The number of nitrogens with zero attached hydrogens (tertiary/aromatic N) is 5. The number of ether oxygens (including phenoxy) is 1. The molecular formula is C12H10F3N5O. The number of rotatable bonds is 2. The molecule has 0 N–H and O–H groups in total. The first kappa shape index (κ1) is 13.4. The van der Waals surface area contributed by atoms with Gasteiger partial charge in [0.1, 0.15) is 11.2 Å². The fourth-order valence-corrected chi connectivity index (χ4v) is 1.97. The van der Waals surface area contributed by atoms with Crippen LogP contribution in [0.2, 0.25) is 0 Å². The Morgan fingerprint density at radius 3 is 2.62 bits per heavy atom. The van der Waals surface area contributed by atoms with E-state index in [1.165, 1.54) is 7.05 Å². The maximum Gasteiger partial charge on any atom is 0.433 e. The molecule has 0 aliphatic heterocycles. The minimum Gasteiger partial charge on any atom is -0.405 e. The second kappa shape index (κ2) is 4.47. The Bertz CT molecular complexity index is 805. The van der Waals surface area contributed by atoms with Gasteiger partial charge in [-0.05, 0) is 6.07 Å². The van der Waals surface area contributed by atoms with Crippen LogP contribution < -0.4 is 4.74 Å². The second-order valence-corrected chi connectivity index (χ2v) is 4.41. The summed E-state index contributed by atoms with van der Waals surface area (Å²) in [6.07, 6.45) is -1.35. The predicted octanol–water partition coefficient (Wildman–Crippen LogP) is 2.51. The minimum atomic E-state index is -4.49. The van der Waals surface area contributed by atoms with Crippen LogP contribution in [0.1, 0.15) is 5.69 Å². The summed E-state index contributed by atoms with van der Waals surface area (Å²) in [4.78, 5) is 8.08. The molecule has 6 nitrogen and oxygen atoms in total. The van der Waals surface area contributed by atoms with Crippen LogP contribution in [-0.2, 0) is 20.3 Å². The Hall–Kier alpha value is -2.58. The predicted molar refractivity (Wildman–Crippen MR) is 66.8 cm³/mol. The van der Waals surface area contributed by atoms with E-state index in [4.69, 9.17) is 4.74 Å². The number of fused-ring (bicyclic) bond motifs is 1. The van der Waals surface area contributed by atoms with E-state index >= 15 is 0 Å². The molecule has 0 fully saturated rings. The zero-order chi connectivity index (χ0) is 15.2. The molecule has 21 heavy (non-hydrogen) atoms. The average Bonchev–Trinajstić information content (AvgIpc) is 2.92. The Labute approximate surface area is 116 Å². The Morgan fingerprint density at radius 1 is 1.24 bits per heavy atom. The summed E-state index contributed by atoms with van der Waals surface area (Å²) in [5.74, 6) is -0.170. The van der Waals surface area contributed by atoms with E-state index in [-0.39, 0.29) is 11.9 Å². The van der Waals surface area contributed by atoms with Crippen molar-refractivity contribution in [1.82, 2.24) is 24.3 Å². The lowest BCUT2D eigenvalue weighted by Gasteiger charge is -2.04. The highest BCUT2D eigenvalue weighted by Gasteiger charge is 2.35. The van der Waals surface area contributed by atoms with Crippen molar-refractivity contribution in [1.29, 1.82) is 0 Å². The van der Waals surface area contributed by atoms with Gasteiger partial charge in [-0.2, -0.15) is 18.2 Å². The normalized spacial score (nSPS) is 12.0. The molecule has 3 heterocycles. The van der Waals surface area contributed by atoms with Gasteiger partial charge in [0.05, 0.1) is 11.7 Å². The van der Waals surface area contributed by atoms with E-state index in [1.807, 2.05) is 0 Å². The molecule has 0 atom stereocenters. The molecule has 3 aromatic heterocycles. The highest BCUT2D eigenvalue weighted by atomic mass is 19.4. The zero-order valence-electron chi connectivity index (χ0n) is 11.1. The van der Waals surface area contributed by atoms with Gasteiger partial charge in [-0.25, -0.2) is 0 Å². The van der Waals surface area contributed by atoms with Crippen LogP contribution in [-0.4, -0.2) is 24.3 Å². The molecule has 3 aromatic rings. The highest BCUT2D eigenvalue weighted by molar-refractivity contribution is 5.75. The smallest absolute Gasteiger partial charge is 0.405 e. The van der Waals surface area contributed by atoms with Crippen molar-refractivity contribution in [3.8, 4) is 11.9 Å². The molecule has 3 rings (SSSR count). The Morgan fingerprint density at radius 2 is 2.00 bits per heavy atom. The van der Waals surface area contributed by atoms with Crippen LogP contribution in [0.5, 0.6) is 11.9 Å². The summed E-state index contributed by atoms with van der Waals surface area (Å²) in [5.41, 5.74) is 0.451. The van der Waals surface area contributed by atoms with Gasteiger partial charge in [0.25, 0.3) is 0 Å². The van der Waals surface area contributed by atoms with Crippen LogP contribution in [0.15, 0.2) is 24.5 Å². The van der Waals surface area contributed by atoms with E-state index in [1.54, 1.807) is 30.1 Å². The second-order valence-electron chi connectivity index (χ2n) is 4.41. The fraction of sp³-hybridized carbons (Fsp3) is 0.250. The van der Waals surface area contributed by atoms with Crippen LogP contribution >= 0.6 is 0 Å². The monoisotopic (exact) mass is 297 g/mol. The summed E-state index contributed by atoms with van der Waals surface area (Å²) in [6, 6.07) is 2.71. The van der Waals surface area contributed by atoms with E-state index < -0.39 is 11.9 Å². The lowest BCUT2D eigenvalue weighted by molar-refractivity contribution is -0.143. The molecule has 0 saturated heterocycles. The van der Waals surface area contributed by atoms with Crippen molar-refractivity contribution < 1.29 is 17.9 Å². The van der Waals surface area contributed by atoms with Gasteiger partial charge in [-0.1, -0.05) is 0 Å². The molecule has 0 amide bonds. The standard InChI is InChI=1S/C12H10F3N5O/c1-19-8-3-4-16-6-7(8)17-11(19)21-10-5-9(12(13,14)15)20(2)18-10/h3-6H,1-2H3. The third kappa shape index (κ3) is 2.30. The summed E-state index contributed by atoms with van der Waals surface area (Å²) in [5, 5.41) is 3.69. The lowest BCUT2D eigenvalue weighted by atomic mass is 10.4. The van der Waals surface area contributed by atoms with Crippen molar-refractivity contribution >= 4 is 11.0 Å². The van der Waals surface area contributed by atoms with Crippen LogP contribution in [0.3, 0.4) is 0 Å². The number of imidazole rings is 1. The quantitative estimate of drug-likeness (QED) is 0.729. The first-order valence-electron chi connectivity index (χ1n) is 5.92. The summed E-state index contributed by atoms with van der Waals surface area (Å²) >= 11 is 0. The third-order valence-corrected chi connectivity index (χ3v) is 2.99. The van der Waals surface area contributed by atoms with E-state index in [0.717, 1.165) is 16.3 Å². The first-order chi connectivity index (χ1) is 9.86. The lowest BCUT2D eigenvalue weighted by Crippen LogP contribution is -2.11. The first-order valence-corrected chi connectivity index (χ1v) is 5.92. The molecule has 0 aliphatic rings. The van der Waals surface area contributed by atoms with Crippen LogP contribution in [0.25, 0.3) is 11.0 Å². The average molecular weight is 297 g/mol. The van der Waals surface area contributed by atoms with Crippen molar-refractivity contribution in [2.24, 2.45) is 14.1 Å². The van der Waals surface area contributed by atoms with Gasteiger partial charge in [0, 0.05) is 26.4 Å². The Balaban J connectivity index is 1.98. The molecular weight excluding hydrogens is 287 g/mol. The van der Waals surface area contributed by atoms with Crippen molar-refractivity contribution in [3.05, 3.63) is 30.2 Å². The SMILES string of the molecule is Cn1nc(Oc2nc3cnccc3n2C)cc1C(F)(F)F. The topological polar surface area (TPSA) is 57.8 Å². The molecule has 0 unspecified atom stereocenters. The summed E-state index contributed by atoms with van der Waals surface area (Å²) in [7, 11) is 2.90. The maximum absolute atomic E-state index is 12.7. The van der Waals surface area contributed by atoms with Gasteiger partial charge in [-0.3, -0.25) is 14.2 Å². The summed E-state index contributed by atoms with van der Waals surface area (Å²) < 4.78 is 45.8. The van der Waals surface area contributed by atoms with E-state index in [0.29, 0.717) is 5.52 Å². The van der Waals surface area contributed by atoms with Gasteiger partial charge in [0.2, 0.25) is 5.88 Å². The number of hydrogen-bond acceptors (Lipinski definition) is 4. The molecule has 0 saturated carbocycles. The number of aromatic nitrogens is 5.